The number of nitrogens with one attached hydrogen (secondary N) is 2. The maximum absolute atomic E-state index is 17.1. The summed E-state index contributed by atoms with van der Waals surface area (Å²) in [4.78, 5) is 87.1. The number of hydrogen-bond donors (Lipinski definition) is 2. The third kappa shape index (κ3) is 12.3. The monoisotopic (exact) mass is 1160 g/mol. The zero-order valence-corrected chi connectivity index (χ0v) is 48.0. The van der Waals surface area contributed by atoms with Crippen LogP contribution in [0.15, 0.2) is 29.8 Å². The smallest absolute Gasteiger partial charge is 0.401 e. The summed E-state index contributed by atoms with van der Waals surface area (Å²) < 4.78 is 85.0. The fraction of sp³-hybridized carbons (Fsp3) is 0.625. The fourth-order valence-corrected chi connectivity index (χ4v) is 13.4. The van der Waals surface area contributed by atoms with Gasteiger partial charge in [-0.3, -0.25) is 38.9 Å². The summed E-state index contributed by atoms with van der Waals surface area (Å²) in [5.74, 6) is -3.75. The summed E-state index contributed by atoms with van der Waals surface area (Å²) in [6.07, 6.45) is -0.447. The van der Waals surface area contributed by atoms with Crippen LogP contribution in [0.4, 0.5) is 27.6 Å². The standard InChI is InChI=1S/C56H72ClF5N10O7S/c1-8-70-43-25-39(58)36-24-35(43)38(47(70)37-23-34(28-63-45(37)33(4)78-7)68-21-19-67(20-22-68)30-56(60,61)62)27-54(5,6)31-79-52(76)40-11-9-16-72(66-40)50(74)41(26-44-64-42(36)29-80-44)65-49(73)46(32(2)3)71-15-10-12-55(53(71)77)13-17-69(18-14-55)51(75)48(57)59/h23-25,28-29,32-33,40-41,46,48,66H,8-22,26-27,30-31H2,1-7H3,(H,65,73)/t33-,40-,41-,46-,48-/m0/s1. The van der Waals surface area contributed by atoms with Gasteiger partial charge >= 0.3 is 12.1 Å². The van der Waals surface area contributed by atoms with E-state index in [4.69, 9.17) is 31.0 Å². The number of benzene rings is 1. The van der Waals surface area contributed by atoms with Gasteiger partial charge in [0, 0.05) is 99.7 Å². The molecule has 1 aromatic carbocycles. The molecule has 4 amide bonds. The normalized spacial score (nSPS) is 22.6. The topological polar surface area (TPSA) is 175 Å². The molecule has 1 spiro atoms. The van der Waals surface area contributed by atoms with E-state index < -0.39 is 88.8 Å². The molecule has 0 aliphatic carbocycles. The van der Waals surface area contributed by atoms with E-state index in [1.165, 1.54) is 32.2 Å². The SMILES string of the molecule is CCn1c(-c2cc(N3CCN(CC(F)(F)F)CC3)cnc2[C@H](C)OC)c2c3cc(c(F)cc31)-c1csc(n1)C[C@H](NC(=O)[C@H](C(C)C)N1CCCC3(CCN(C(=O)[C@H](F)Cl)CC3)C1=O)C(=O)N1CCC[C@H](N1)C(=O)OCC(C)(C)C2. The van der Waals surface area contributed by atoms with Crippen molar-refractivity contribution in [3.05, 3.63) is 51.9 Å². The van der Waals surface area contributed by atoms with E-state index in [0.717, 1.165) is 11.3 Å². The second-order valence-corrected chi connectivity index (χ2v) is 24.5. The van der Waals surface area contributed by atoms with Crippen molar-refractivity contribution in [3.8, 4) is 22.5 Å². The summed E-state index contributed by atoms with van der Waals surface area (Å²) in [5.41, 5.74) is 3.90. The molecule has 5 aliphatic heterocycles. The van der Waals surface area contributed by atoms with Gasteiger partial charge in [-0.15, -0.1) is 11.3 Å². The van der Waals surface area contributed by atoms with Crippen molar-refractivity contribution < 1.29 is 55.4 Å². The summed E-state index contributed by atoms with van der Waals surface area (Å²) in [5, 5.41) is 7.14. The fourth-order valence-electron chi connectivity index (χ4n) is 12.4. The van der Waals surface area contributed by atoms with Gasteiger partial charge in [-0.25, -0.2) is 19.2 Å². The van der Waals surface area contributed by atoms with Crippen LogP contribution in [0.2, 0.25) is 0 Å². The molecule has 0 radical (unpaired) electrons. The Morgan fingerprint density at radius 3 is 2.38 bits per heavy atom. The van der Waals surface area contributed by atoms with Crippen LogP contribution in [0.1, 0.15) is 102 Å². The van der Waals surface area contributed by atoms with Crippen LogP contribution >= 0.6 is 22.9 Å². The number of methoxy groups -OCH3 is 1. The van der Waals surface area contributed by atoms with Gasteiger partial charge in [0.05, 0.1) is 64.2 Å². The van der Waals surface area contributed by atoms with Crippen LogP contribution < -0.4 is 15.6 Å². The lowest BCUT2D eigenvalue weighted by Gasteiger charge is -2.48. The first kappa shape index (κ1) is 59.1. The molecule has 3 aromatic heterocycles. The van der Waals surface area contributed by atoms with Crippen LogP contribution in [-0.4, -0.2) is 166 Å². The second kappa shape index (κ2) is 23.8. The third-order valence-corrected chi connectivity index (χ3v) is 17.7. The molecule has 0 unspecified atom stereocenters. The maximum Gasteiger partial charge on any atom is 0.401 e. The maximum atomic E-state index is 17.1. The number of anilines is 1. The largest absolute Gasteiger partial charge is 0.464 e. The molecule has 4 aromatic rings. The van der Waals surface area contributed by atoms with E-state index in [-0.39, 0.29) is 76.6 Å². The quantitative estimate of drug-likeness (QED) is 0.0849. The Kier molecular flexibility index (Phi) is 17.6. The van der Waals surface area contributed by atoms with Gasteiger partial charge in [-0.1, -0.05) is 39.3 Å². The number of piperazine rings is 1. The predicted molar refractivity (Wildman–Crippen MR) is 293 cm³/mol. The average Bonchev–Trinajstić information content (AvgIpc) is 4.12. The number of ether oxygens (including phenoxy) is 2. The Hall–Kier alpha value is -5.49. The molecule has 5 atom stereocenters. The Morgan fingerprint density at radius 2 is 1.71 bits per heavy atom. The number of thiazole rings is 1. The van der Waals surface area contributed by atoms with E-state index >= 15 is 4.39 Å². The minimum atomic E-state index is -4.32. The number of halogens is 6. The van der Waals surface area contributed by atoms with Gasteiger partial charge in [-0.05, 0) is 88.5 Å². The highest BCUT2D eigenvalue weighted by atomic mass is 35.5. The van der Waals surface area contributed by atoms with Crippen molar-refractivity contribution in [2.75, 3.05) is 77.5 Å². The molecule has 2 N–H and O–H groups in total. The van der Waals surface area contributed by atoms with E-state index in [2.05, 4.69) is 10.7 Å². The summed E-state index contributed by atoms with van der Waals surface area (Å²) in [6, 6.07) is 2.06. The van der Waals surface area contributed by atoms with E-state index in [1.807, 2.05) is 57.1 Å². The Bertz CT molecular complexity index is 2970. The van der Waals surface area contributed by atoms with Crippen molar-refractivity contribution in [2.24, 2.45) is 16.7 Å². The van der Waals surface area contributed by atoms with Crippen molar-refractivity contribution in [1.29, 1.82) is 0 Å². The molecule has 80 heavy (non-hydrogen) atoms. The Morgan fingerprint density at radius 1 is 0.988 bits per heavy atom. The number of piperidine rings is 2. The molecule has 4 saturated heterocycles. The number of alkyl halides is 5. The van der Waals surface area contributed by atoms with Crippen LogP contribution in [0.5, 0.6) is 0 Å². The zero-order valence-electron chi connectivity index (χ0n) is 46.4. The zero-order chi connectivity index (χ0) is 57.6. The summed E-state index contributed by atoms with van der Waals surface area (Å²) >= 11 is 6.67. The van der Waals surface area contributed by atoms with Crippen molar-refractivity contribution in [3.63, 3.8) is 0 Å². The van der Waals surface area contributed by atoms with E-state index in [1.54, 1.807) is 29.7 Å². The average molecular weight is 1160 g/mol. The number of nitrogens with zero attached hydrogens (tertiary/aromatic N) is 8. The summed E-state index contributed by atoms with van der Waals surface area (Å²) in [6.45, 7) is 12.6. The van der Waals surface area contributed by atoms with Gasteiger partial charge in [0.1, 0.15) is 23.9 Å². The van der Waals surface area contributed by atoms with E-state index in [0.29, 0.717) is 90.3 Å². The van der Waals surface area contributed by atoms with Crippen molar-refractivity contribution in [2.45, 2.75) is 135 Å². The minimum Gasteiger partial charge on any atom is -0.464 e. The van der Waals surface area contributed by atoms with Crippen LogP contribution in [0, 0.1) is 22.6 Å². The molecule has 9 rings (SSSR count). The predicted octanol–water partition coefficient (Wildman–Crippen LogP) is 7.82. The third-order valence-electron chi connectivity index (χ3n) is 16.7. The molecule has 17 nitrogen and oxygen atoms in total. The molecule has 436 valence electrons. The number of aryl methyl sites for hydroxylation is 1. The van der Waals surface area contributed by atoms with Crippen molar-refractivity contribution >= 4 is 69.1 Å². The Balaban J connectivity index is 1.09. The molecule has 4 fully saturated rings. The first-order valence-electron chi connectivity index (χ1n) is 27.7. The summed E-state index contributed by atoms with van der Waals surface area (Å²) in [7, 11) is 1.58. The molecule has 6 bridgehead atoms. The van der Waals surface area contributed by atoms with Gasteiger partial charge in [-0.2, -0.15) is 13.2 Å². The number of carbonyl (C=O) groups is 5. The number of likely N-dealkylation sites (tertiary alicyclic amines) is 2. The number of fused-ring (bicyclic) bond motifs is 6. The lowest BCUT2D eigenvalue weighted by atomic mass is 9.71. The first-order chi connectivity index (χ1) is 37.9. The highest BCUT2D eigenvalue weighted by Gasteiger charge is 2.50. The lowest BCUT2D eigenvalue weighted by Crippen LogP contribution is -2.64. The molecule has 0 saturated carbocycles. The van der Waals surface area contributed by atoms with Gasteiger partial charge in [0.15, 0.2) is 0 Å². The number of hydrazine groups is 1. The van der Waals surface area contributed by atoms with Gasteiger partial charge < -0.3 is 34.1 Å². The number of aromatic nitrogens is 3. The van der Waals surface area contributed by atoms with Gasteiger partial charge in [0.25, 0.3) is 17.4 Å². The molecule has 8 heterocycles. The molecule has 24 heteroatoms. The number of carbonyl (C=O) groups excluding carboxylic acids is 5. The highest BCUT2D eigenvalue weighted by molar-refractivity contribution is 7.10. The number of cyclic esters (lactones) is 1. The first-order valence-corrected chi connectivity index (χ1v) is 29.0. The number of hydrogen-bond acceptors (Lipinski definition) is 13. The lowest BCUT2D eigenvalue weighted by molar-refractivity contribution is -0.160. The second-order valence-electron chi connectivity index (χ2n) is 23.2. The van der Waals surface area contributed by atoms with Crippen LogP contribution in [0.25, 0.3) is 33.4 Å². The number of pyridine rings is 1. The molecule has 5 aliphatic rings. The molecular weight excluding hydrogens is 1090 g/mol. The number of esters is 1. The minimum absolute atomic E-state index is 0.0464. The number of rotatable bonds is 11. The van der Waals surface area contributed by atoms with E-state index in [9.17, 15) is 41.5 Å². The Labute approximate surface area is 471 Å². The van der Waals surface area contributed by atoms with Crippen LogP contribution in [0.3, 0.4) is 0 Å². The molecular formula is C56H72ClF5N10O7S. The van der Waals surface area contributed by atoms with Crippen molar-refractivity contribution in [1.82, 2.24) is 45.0 Å². The number of amides is 4. The highest BCUT2D eigenvalue weighted by Crippen LogP contribution is 2.45. The van der Waals surface area contributed by atoms with Gasteiger partial charge in [0.2, 0.25) is 11.8 Å². The van der Waals surface area contributed by atoms with Crippen LogP contribution in [-0.2, 0) is 52.8 Å².